The molecule has 0 bridgehead atoms. The van der Waals surface area contributed by atoms with Crippen molar-refractivity contribution in [2.24, 2.45) is 0 Å². The highest BCUT2D eigenvalue weighted by Gasteiger charge is 2.19. The molecule has 1 amide bonds. The van der Waals surface area contributed by atoms with Crippen molar-refractivity contribution in [3.8, 4) is 6.07 Å². The van der Waals surface area contributed by atoms with E-state index in [0.717, 1.165) is 14.9 Å². The maximum Gasteiger partial charge on any atom is 0.325 e. The minimum absolute atomic E-state index is 0.167. The van der Waals surface area contributed by atoms with Crippen LogP contribution < -0.4 is 0 Å². The van der Waals surface area contributed by atoms with Crippen molar-refractivity contribution < 1.29 is 14.3 Å². The lowest BCUT2D eigenvalue weighted by molar-refractivity contribution is -0.141. The summed E-state index contributed by atoms with van der Waals surface area (Å²) in [5.41, 5.74) is 1.41. The highest BCUT2D eigenvalue weighted by atomic mass is 79.9. The van der Waals surface area contributed by atoms with Crippen LogP contribution in [0, 0.1) is 18.3 Å². The number of hydrogen-bond donors (Lipinski definition) is 0. The minimum Gasteiger partial charge on any atom is -0.468 e. The van der Waals surface area contributed by atoms with Crippen molar-refractivity contribution in [2.45, 2.75) is 6.92 Å². The number of rotatable bonds is 4. The van der Waals surface area contributed by atoms with E-state index in [0.29, 0.717) is 5.56 Å². The van der Waals surface area contributed by atoms with Gasteiger partial charge in [0.1, 0.15) is 13.1 Å². The molecule has 0 heterocycles. The summed E-state index contributed by atoms with van der Waals surface area (Å²) in [6.45, 7) is 1.49. The van der Waals surface area contributed by atoms with Gasteiger partial charge in [0.05, 0.1) is 13.2 Å². The third kappa shape index (κ3) is 4.07. The number of aryl methyl sites for hydroxylation is 1. The van der Waals surface area contributed by atoms with Crippen LogP contribution in [0.15, 0.2) is 22.7 Å². The Morgan fingerprint density at radius 2 is 2.16 bits per heavy atom. The van der Waals surface area contributed by atoms with Crippen LogP contribution in [0.25, 0.3) is 0 Å². The lowest BCUT2D eigenvalue weighted by atomic mass is 10.1. The molecule has 0 aliphatic carbocycles. The number of esters is 1. The number of ether oxygens (including phenoxy) is 1. The van der Waals surface area contributed by atoms with Crippen molar-refractivity contribution in [2.75, 3.05) is 20.2 Å². The molecule has 19 heavy (non-hydrogen) atoms. The molecule has 0 atom stereocenters. The monoisotopic (exact) mass is 324 g/mol. The average Bonchev–Trinajstić information content (AvgIpc) is 2.40. The second kappa shape index (κ2) is 6.90. The number of halogens is 1. The molecule has 0 aromatic heterocycles. The van der Waals surface area contributed by atoms with Crippen LogP contribution in [0.3, 0.4) is 0 Å². The third-order valence-corrected chi connectivity index (χ3v) is 3.37. The zero-order chi connectivity index (χ0) is 14.4. The molecule has 6 heteroatoms. The molecule has 0 unspecified atom stereocenters. The maximum atomic E-state index is 12.2. The highest BCUT2D eigenvalue weighted by Crippen LogP contribution is 2.18. The Morgan fingerprint density at radius 1 is 1.47 bits per heavy atom. The summed E-state index contributed by atoms with van der Waals surface area (Å²) in [6.07, 6.45) is 0. The molecule has 0 N–H and O–H groups in total. The van der Waals surface area contributed by atoms with Crippen LogP contribution in [-0.2, 0) is 9.53 Å². The Labute approximate surface area is 119 Å². The van der Waals surface area contributed by atoms with E-state index in [4.69, 9.17) is 5.26 Å². The average molecular weight is 325 g/mol. The normalized spacial score (nSPS) is 9.58. The van der Waals surface area contributed by atoms with Gasteiger partial charge in [-0.1, -0.05) is 22.0 Å². The van der Waals surface area contributed by atoms with E-state index < -0.39 is 5.97 Å². The van der Waals surface area contributed by atoms with Crippen LogP contribution in [0.5, 0.6) is 0 Å². The Kier molecular flexibility index (Phi) is 5.52. The van der Waals surface area contributed by atoms with Gasteiger partial charge >= 0.3 is 5.97 Å². The molecule has 0 spiro atoms. The first kappa shape index (κ1) is 15.2. The van der Waals surface area contributed by atoms with Gasteiger partial charge in [0.15, 0.2) is 0 Å². The van der Waals surface area contributed by atoms with E-state index in [-0.39, 0.29) is 19.0 Å². The lowest BCUT2D eigenvalue weighted by Gasteiger charge is -2.18. The van der Waals surface area contributed by atoms with E-state index in [2.05, 4.69) is 20.7 Å². The summed E-state index contributed by atoms with van der Waals surface area (Å²) < 4.78 is 5.30. The predicted molar refractivity (Wildman–Crippen MR) is 72.4 cm³/mol. The lowest BCUT2D eigenvalue weighted by Crippen LogP contribution is -2.36. The highest BCUT2D eigenvalue weighted by molar-refractivity contribution is 9.10. The standard InChI is InChI=1S/C13H13BrN2O3/c1-9-3-4-10(7-11(9)14)13(18)16(6-5-15)8-12(17)19-2/h3-4,7H,6,8H2,1-2H3. The quantitative estimate of drug-likeness (QED) is 0.626. The second-order valence-electron chi connectivity index (χ2n) is 3.86. The molecule has 1 aromatic carbocycles. The predicted octanol–water partition coefficient (Wildman–Crippen LogP) is 1.90. The van der Waals surface area contributed by atoms with Gasteiger partial charge in [0.2, 0.25) is 0 Å². The molecule has 0 aliphatic rings. The summed E-state index contributed by atoms with van der Waals surface area (Å²) in [5.74, 6) is -0.942. The molecule has 0 saturated heterocycles. The Bertz CT molecular complexity index is 537. The number of nitrogens with zero attached hydrogens (tertiary/aromatic N) is 2. The molecular weight excluding hydrogens is 312 g/mol. The van der Waals surface area contributed by atoms with Gasteiger partial charge in [-0.2, -0.15) is 5.26 Å². The van der Waals surface area contributed by atoms with Crippen molar-refractivity contribution in [1.29, 1.82) is 5.26 Å². The molecule has 0 fully saturated rings. The van der Waals surface area contributed by atoms with E-state index in [9.17, 15) is 9.59 Å². The third-order valence-electron chi connectivity index (χ3n) is 2.52. The van der Waals surface area contributed by atoms with Crippen molar-refractivity contribution >= 4 is 27.8 Å². The number of carbonyl (C=O) groups is 2. The van der Waals surface area contributed by atoms with Gasteiger partial charge < -0.3 is 9.64 Å². The first-order chi connectivity index (χ1) is 8.99. The largest absolute Gasteiger partial charge is 0.468 e. The number of methoxy groups -OCH3 is 1. The van der Waals surface area contributed by atoms with E-state index in [1.165, 1.54) is 7.11 Å². The summed E-state index contributed by atoms with van der Waals surface area (Å²) in [4.78, 5) is 24.6. The maximum absolute atomic E-state index is 12.2. The smallest absolute Gasteiger partial charge is 0.325 e. The van der Waals surface area contributed by atoms with Crippen LogP contribution in [0.4, 0.5) is 0 Å². The van der Waals surface area contributed by atoms with Crippen LogP contribution >= 0.6 is 15.9 Å². The van der Waals surface area contributed by atoms with Crippen molar-refractivity contribution in [1.82, 2.24) is 4.90 Å². The van der Waals surface area contributed by atoms with Gasteiger partial charge in [0.25, 0.3) is 5.91 Å². The van der Waals surface area contributed by atoms with Gasteiger partial charge in [-0.25, -0.2) is 0 Å². The molecular formula is C13H13BrN2O3. The first-order valence-electron chi connectivity index (χ1n) is 5.48. The van der Waals surface area contributed by atoms with Crippen molar-refractivity contribution in [3.05, 3.63) is 33.8 Å². The Morgan fingerprint density at radius 3 is 2.68 bits per heavy atom. The van der Waals surface area contributed by atoms with Gasteiger partial charge in [-0.05, 0) is 24.6 Å². The molecule has 1 rings (SSSR count). The second-order valence-corrected chi connectivity index (χ2v) is 4.71. The van der Waals surface area contributed by atoms with E-state index in [1.54, 1.807) is 18.2 Å². The topological polar surface area (TPSA) is 70.4 Å². The zero-order valence-corrected chi connectivity index (χ0v) is 12.2. The van der Waals surface area contributed by atoms with Crippen molar-refractivity contribution in [3.63, 3.8) is 0 Å². The molecule has 5 nitrogen and oxygen atoms in total. The minimum atomic E-state index is -0.560. The number of amides is 1. The number of nitriles is 1. The van der Waals surface area contributed by atoms with Crippen LogP contribution in [0.2, 0.25) is 0 Å². The van der Waals surface area contributed by atoms with Gasteiger partial charge in [0, 0.05) is 10.0 Å². The molecule has 100 valence electrons. The Hall–Kier alpha value is -1.87. The molecule has 0 saturated carbocycles. The van der Waals surface area contributed by atoms with Crippen LogP contribution in [-0.4, -0.2) is 37.0 Å². The fraction of sp³-hybridized carbons (Fsp3) is 0.308. The summed E-state index contributed by atoms with van der Waals surface area (Å²) >= 11 is 3.34. The van der Waals surface area contributed by atoms with E-state index >= 15 is 0 Å². The molecule has 1 aromatic rings. The summed E-state index contributed by atoms with van der Waals surface area (Å²) in [7, 11) is 1.24. The first-order valence-corrected chi connectivity index (χ1v) is 6.28. The van der Waals surface area contributed by atoms with Gasteiger partial charge in [-0.15, -0.1) is 0 Å². The number of hydrogen-bond acceptors (Lipinski definition) is 4. The SMILES string of the molecule is COC(=O)CN(CC#N)C(=O)c1ccc(C)c(Br)c1. The zero-order valence-electron chi connectivity index (χ0n) is 10.6. The fourth-order valence-corrected chi connectivity index (χ4v) is 1.79. The fourth-order valence-electron chi connectivity index (χ4n) is 1.41. The number of carbonyl (C=O) groups excluding carboxylic acids is 2. The number of benzene rings is 1. The van der Waals surface area contributed by atoms with Crippen LogP contribution in [0.1, 0.15) is 15.9 Å². The summed E-state index contributed by atoms with van der Waals surface area (Å²) in [5, 5.41) is 8.71. The van der Waals surface area contributed by atoms with E-state index in [1.807, 2.05) is 13.0 Å². The summed E-state index contributed by atoms with van der Waals surface area (Å²) in [6, 6.07) is 6.97. The Balaban J connectivity index is 2.95. The molecule has 0 aliphatic heterocycles. The molecule has 0 radical (unpaired) electrons. The van der Waals surface area contributed by atoms with Gasteiger partial charge in [-0.3, -0.25) is 9.59 Å².